The molecule has 2 aliphatic heterocycles. The van der Waals surface area contributed by atoms with Gasteiger partial charge in [-0.05, 0) is 49.7 Å². The molecular weight excluding hydrogens is 344 g/mol. The average Bonchev–Trinajstić information content (AvgIpc) is 2.67. The molecule has 1 aromatic carbocycles. The topological polar surface area (TPSA) is 76.7 Å². The summed E-state index contributed by atoms with van der Waals surface area (Å²) in [6.07, 6.45) is 3.00. The van der Waals surface area contributed by atoms with Crippen molar-refractivity contribution >= 4 is 11.8 Å². The van der Waals surface area contributed by atoms with Crippen LogP contribution in [0.15, 0.2) is 24.3 Å². The second-order valence-corrected chi connectivity index (χ2v) is 8.04. The molecule has 1 saturated carbocycles. The third-order valence-corrected chi connectivity index (χ3v) is 6.47. The van der Waals surface area contributed by atoms with E-state index in [1.807, 2.05) is 24.3 Å². The second-order valence-electron chi connectivity index (χ2n) is 8.04. The molecule has 0 spiro atoms. The summed E-state index contributed by atoms with van der Waals surface area (Å²) in [4.78, 5) is 25.0. The number of carbonyl (C=O) groups is 2. The second kappa shape index (κ2) is 7.41. The van der Waals surface area contributed by atoms with Crippen LogP contribution in [0, 0.1) is 17.8 Å². The molecule has 0 radical (unpaired) electrons. The third-order valence-electron chi connectivity index (χ3n) is 6.47. The zero-order valence-corrected chi connectivity index (χ0v) is 15.9. The fraction of sp³-hybridized carbons (Fsp3) is 0.619. The Hall–Kier alpha value is -2.24. The highest BCUT2D eigenvalue weighted by Crippen LogP contribution is 2.39. The number of benzene rings is 1. The van der Waals surface area contributed by atoms with Crippen molar-refractivity contribution in [1.82, 2.24) is 10.6 Å². The lowest BCUT2D eigenvalue weighted by Gasteiger charge is -2.46. The lowest BCUT2D eigenvalue weighted by molar-refractivity contribution is -0.134. The number of para-hydroxylation sites is 2. The maximum absolute atomic E-state index is 12.7. The average molecular weight is 372 g/mol. The van der Waals surface area contributed by atoms with Crippen molar-refractivity contribution in [2.24, 2.45) is 17.8 Å². The summed E-state index contributed by atoms with van der Waals surface area (Å²) in [7, 11) is 0. The van der Waals surface area contributed by atoms with Gasteiger partial charge >= 0.3 is 0 Å². The van der Waals surface area contributed by atoms with E-state index in [1.165, 1.54) is 0 Å². The highest BCUT2D eigenvalue weighted by Gasteiger charge is 2.44. The van der Waals surface area contributed by atoms with Crippen LogP contribution in [-0.2, 0) is 9.59 Å². The van der Waals surface area contributed by atoms with Gasteiger partial charge in [-0.3, -0.25) is 9.59 Å². The Balaban J connectivity index is 1.35. The first kappa shape index (κ1) is 18.1. The van der Waals surface area contributed by atoms with Crippen LogP contribution in [0.1, 0.15) is 39.5 Å². The number of nitrogens with one attached hydrogen (secondary N) is 2. The fourth-order valence-electron chi connectivity index (χ4n) is 4.95. The van der Waals surface area contributed by atoms with Gasteiger partial charge in [0.15, 0.2) is 11.5 Å². The van der Waals surface area contributed by atoms with Crippen molar-refractivity contribution in [2.75, 3.05) is 6.61 Å². The van der Waals surface area contributed by atoms with Gasteiger partial charge < -0.3 is 20.1 Å². The molecule has 27 heavy (non-hydrogen) atoms. The SMILES string of the molecule is CCC1C(=O)NC2CC(NC(=O)C3COc4ccccc4O3)CCC2C1C. The molecule has 6 atom stereocenters. The standard InChI is InChI=1S/C21H28N2O4/c1-3-14-12(2)15-9-8-13(10-16(15)23-20(14)24)22-21(25)19-11-26-17-6-4-5-7-18(17)27-19/h4-7,12-16,19H,3,8-11H2,1-2H3,(H,22,25)(H,23,24). The highest BCUT2D eigenvalue weighted by atomic mass is 16.6. The Bertz CT molecular complexity index is 722. The minimum absolute atomic E-state index is 0.0604. The number of ether oxygens (including phenoxy) is 2. The number of carbonyl (C=O) groups excluding carboxylic acids is 2. The molecule has 6 nitrogen and oxygen atoms in total. The third kappa shape index (κ3) is 3.49. The normalized spacial score (nSPS) is 35.0. The van der Waals surface area contributed by atoms with Crippen LogP contribution in [-0.4, -0.2) is 36.6 Å². The van der Waals surface area contributed by atoms with E-state index >= 15 is 0 Å². The minimum atomic E-state index is -0.637. The first-order valence-electron chi connectivity index (χ1n) is 10.1. The molecule has 1 aliphatic carbocycles. The number of fused-ring (bicyclic) bond motifs is 2. The van der Waals surface area contributed by atoms with E-state index in [4.69, 9.17) is 9.47 Å². The maximum atomic E-state index is 12.7. The van der Waals surface area contributed by atoms with E-state index in [-0.39, 0.29) is 36.4 Å². The van der Waals surface area contributed by atoms with Crippen molar-refractivity contribution < 1.29 is 19.1 Å². The van der Waals surface area contributed by atoms with Crippen molar-refractivity contribution in [3.05, 3.63) is 24.3 Å². The minimum Gasteiger partial charge on any atom is -0.485 e. The number of hydrogen-bond donors (Lipinski definition) is 2. The number of amides is 2. The van der Waals surface area contributed by atoms with Crippen LogP contribution < -0.4 is 20.1 Å². The Morgan fingerprint density at radius 1 is 1.26 bits per heavy atom. The van der Waals surface area contributed by atoms with Gasteiger partial charge in [0.05, 0.1) is 0 Å². The molecule has 2 heterocycles. The van der Waals surface area contributed by atoms with Gasteiger partial charge in [-0.1, -0.05) is 26.0 Å². The van der Waals surface area contributed by atoms with Crippen LogP contribution in [0.3, 0.4) is 0 Å². The predicted octanol–water partition coefficient (Wildman–Crippen LogP) is 2.27. The van der Waals surface area contributed by atoms with Gasteiger partial charge in [-0.25, -0.2) is 0 Å². The van der Waals surface area contributed by atoms with Crippen LogP contribution in [0.25, 0.3) is 0 Å². The monoisotopic (exact) mass is 372 g/mol. The smallest absolute Gasteiger partial charge is 0.264 e. The van der Waals surface area contributed by atoms with E-state index < -0.39 is 6.10 Å². The van der Waals surface area contributed by atoms with Crippen molar-refractivity contribution in [1.29, 1.82) is 0 Å². The van der Waals surface area contributed by atoms with E-state index in [0.29, 0.717) is 23.3 Å². The van der Waals surface area contributed by atoms with E-state index in [2.05, 4.69) is 24.5 Å². The molecule has 2 amide bonds. The summed E-state index contributed by atoms with van der Waals surface area (Å²) in [6.45, 7) is 4.50. The lowest BCUT2D eigenvalue weighted by atomic mass is 9.67. The predicted molar refractivity (Wildman–Crippen MR) is 101 cm³/mol. The molecule has 2 fully saturated rings. The van der Waals surface area contributed by atoms with Gasteiger partial charge in [0.1, 0.15) is 6.61 Å². The Morgan fingerprint density at radius 2 is 2.04 bits per heavy atom. The molecule has 2 N–H and O–H groups in total. The first-order chi connectivity index (χ1) is 13.1. The molecule has 1 aromatic rings. The molecule has 0 aromatic heterocycles. The van der Waals surface area contributed by atoms with Gasteiger partial charge in [-0.2, -0.15) is 0 Å². The molecule has 4 rings (SSSR count). The number of hydrogen-bond acceptors (Lipinski definition) is 4. The molecule has 1 saturated heterocycles. The van der Waals surface area contributed by atoms with E-state index in [1.54, 1.807) is 0 Å². The lowest BCUT2D eigenvalue weighted by Crippen LogP contribution is -2.59. The summed E-state index contributed by atoms with van der Waals surface area (Å²) >= 11 is 0. The van der Waals surface area contributed by atoms with Crippen molar-refractivity contribution in [2.45, 2.75) is 57.7 Å². The zero-order chi connectivity index (χ0) is 19.0. The quantitative estimate of drug-likeness (QED) is 0.853. The van der Waals surface area contributed by atoms with Crippen LogP contribution >= 0.6 is 0 Å². The Morgan fingerprint density at radius 3 is 2.81 bits per heavy atom. The number of piperidine rings is 1. The molecule has 0 bridgehead atoms. The highest BCUT2D eigenvalue weighted by molar-refractivity contribution is 5.82. The van der Waals surface area contributed by atoms with Gasteiger partial charge in [0.2, 0.25) is 12.0 Å². The Labute approximate surface area is 160 Å². The zero-order valence-electron chi connectivity index (χ0n) is 15.9. The van der Waals surface area contributed by atoms with Crippen molar-refractivity contribution in [3.8, 4) is 11.5 Å². The molecule has 3 aliphatic rings. The van der Waals surface area contributed by atoms with E-state index in [0.717, 1.165) is 25.7 Å². The Kier molecular flexibility index (Phi) is 4.98. The molecule has 146 valence electrons. The van der Waals surface area contributed by atoms with Crippen molar-refractivity contribution in [3.63, 3.8) is 0 Å². The van der Waals surface area contributed by atoms with Gasteiger partial charge in [0, 0.05) is 18.0 Å². The van der Waals surface area contributed by atoms with Crippen LogP contribution in [0.5, 0.6) is 11.5 Å². The number of rotatable bonds is 3. The van der Waals surface area contributed by atoms with Crippen LogP contribution in [0.2, 0.25) is 0 Å². The summed E-state index contributed by atoms with van der Waals surface area (Å²) in [6, 6.07) is 7.59. The summed E-state index contributed by atoms with van der Waals surface area (Å²) in [5.74, 6) is 2.32. The fourth-order valence-corrected chi connectivity index (χ4v) is 4.95. The van der Waals surface area contributed by atoms with Gasteiger partial charge in [0.25, 0.3) is 5.91 Å². The summed E-state index contributed by atoms with van der Waals surface area (Å²) in [5.41, 5.74) is 0. The van der Waals surface area contributed by atoms with Gasteiger partial charge in [-0.15, -0.1) is 0 Å². The molecule has 6 unspecified atom stereocenters. The van der Waals surface area contributed by atoms with Crippen LogP contribution in [0.4, 0.5) is 0 Å². The summed E-state index contributed by atoms with van der Waals surface area (Å²) < 4.78 is 11.4. The largest absolute Gasteiger partial charge is 0.485 e. The molecule has 6 heteroatoms. The van der Waals surface area contributed by atoms with E-state index in [9.17, 15) is 9.59 Å². The molecular formula is C21H28N2O4. The summed E-state index contributed by atoms with van der Waals surface area (Å²) in [5, 5.41) is 6.31. The maximum Gasteiger partial charge on any atom is 0.264 e. The first-order valence-corrected chi connectivity index (χ1v) is 10.1.